The van der Waals surface area contributed by atoms with E-state index in [9.17, 15) is 5.11 Å². The number of benzene rings is 1. The fraction of sp³-hybridized carbons (Fsp3) is 0.455. The lowest BCUT2D eigenvalue weighted by Gasteiger charge is -2.16. The Kier molecular flexibility index (Phi) is 5.25. The molecule has 0 aliphatic heterocycles. The molecule has 5 heteroatoms. The highest BCUT2D eigenvalue weighted by molar-refractivity contribution is 7.98. The summed E-state index contributed by atoms with van der Waals surface area (Å²) in [6, 6.07) is 3.60. The third-order valence-corrected chi connectivity index (χ3v) is 3.29. The first kappa shape index (κ1) is 13.5. The summed E-state index contributed by atoms with van der Waals surface area (Å²) in [5, 5.41) is 9.75. The van der Waals surface area contributed by atoms with Crippen LogP contribution in [0.4, 0.5) is 0 Å². The van der Waals surface area contributed by atoms with Crippen LogP contribution in [0.15, 0.2) is 17.0 Å². The summed E-state index contributed by atoms with van der Waals surface area (Å²) in [5.41, 5.74) is 0.646. The Balaban J connectivity index is 3.25. The lowest BCUT2D eigenvalue weighted by Crippen LogP contribution is -2.03. The molecule has 3 nitrogen and oxygen atoms in total. The minimum Gasteiger partial charge on any atom is -0.496 e. The number of hydrogen-bond donors (Lipinski definition) is 1. The number of methoxy groups -OCH3 is 2. The van der Waals surface area contributed by atoms with Crippen molar-refractivity contribution >= 4 is 23.4 Å². The fourth-order valence-corrected chi connectivity index (χ4v) is 2.13. The molecule has 0 heterocycles. The van der Waals surface area contributed by atoms with E-state index >= 15 is 0 Å². The van der Waals surface area contributed by atoms with Crippen LogP contribution in [0.1, 0.15) is 11.7 Å². The summed E-state index contributed by atoms with van der Waals surface area (Å²) in [6.45, 7) is 0. The van der Waals surface area contributed by atoms with Crippen molar-refractivity contribution in [2.75, 3.05) is 26.4 Å². The number of halogens is 1. The molecule has 0 saturated heterocycles. The summed E-state index contributed by atoms with van der Waals surface area (Å²) in [6.07, 6.45) is 1.20. The van der Waals surface area contributed by atoms with E-state index in [1.54, 1.807) is 32.0 Å². The van der Waals surface area contributed by atoms with Crippen molar-refractivity contribution in [2.24, 2.45) is 0 Å². The smallest absolute Gasteiger partial charge is 0.133 e. The van der Waals surface area contributed by atoms with E-state index in [4.69, 9.17) is 21.1 Å². The highest BCUT2D eigenvalue weighted by Crippen LogP contribution is 2.37. The third-order valence-electron chi connectivity index (χ3n) is 2.24. The molecule has 16 heavy (non-hydrogen) atoms. The van der Waals surface area contributed by atoms with Crippen LogP contribution in [0, 0.1) is 0 Å². The molecule has 1 unspecified atom stereocenters. The normalized spacial score (nSPS) is 12.3. The van der Waals surface area contributed by atoms with Crippen molar-refractivity contribution < 1.29 is 14.6 Å². The standard InChI is InChI=1S/C11H15ClO3S/c1-14-9-5-11(16-3)10(15-2)4-7(9)8(13)6-12/h4-5,8,13H,6H2,1-3H3. The first-order chi connectivity index (χ1) is 7.67. The molecule has 1 N–H and O–H groups in total. The average molecular weight is 263 g/mol. The lowest BCUT2D eigenvalue weighted by atomic mass is 10.1. The third kappa shape index (κ3) is 2.75. The maximum atomic E-state index is 9.75. The Hall–Kier alpha value is -0.580. The van der Waals surface area contributed by atoms with Gasteiger partial charge in [-0.2, -0.15) is 0 Å². The molecule has 0 aliphatic rings. The number of rotatable bonds is 5. The summed E-state index contributed by atoms with van der Waals surface area (Å²) < 4.78 is 10.5. The maximum Gasteiger partial charge on any atom is 0.133 e. The Morgan fingerprint density at radius 3 is 2.38 bits per heavy atom. The zero-order valence-corrected chi connectivity index (χ0v) is 11.1. The number of hydrogen-bond acceptors (Lipinski definition) is 4. The van der Waals surface area contributed by atoms with Gasteiger partial charge < -0.3 is 14.6 Å². The number of ether oxygens (including phenoxy) is 2. The Morgan fingerprint density at radius 1 is 1.31 bits per heavy atom. The number of thioether (sulfide) groups is 1. The van der Waals surface area contributed by atoms with Gasteiger partial charge in [0.25, 0.3) is 0 Å². The van der Waals surface area contributed by atoms with Crippen molar-refractivity contribution in [3.05, 3.63) is 17.7 Å². The molecule has 0 amide bonds. The van der Waals surface area contributed by atoms with Crippen LogP contribution in [0.3, 0.4) is 0 Å². The Labute approximate surface area is 105 Å². The molecule has 0 radical (unpaired) electrons. The second kappa shape index (κ2) is 6.23. The first-order valence-electron chi connectivity index (χ1n) is 4.71. The van der Waals surface area contributed by atoms with Crippen LogP contribution >= 0.6 is 23.4 Å². The van der Waals surface area contributed by atoms with E-state index in [1.165, 1.54) is 0 Å². The second-order valence-electron chi connectivity index (χ2n) is 3.12. The van der Waals surface area contributed by atoms with Crippen LogP contribution in [0.2, 0.25) is 0 Å². The number of aliphatic hydroxyl groups excluding tert-OH is 1. The van der Waals surface area contributed by atoms with E-state index in [1.807, 2.05) is 12.3 Å². The molecule has 0 fully saturated rings. The van der Waals surface area contributed by atoms with Gasteiger partial charge in [-0.3, -0.25) is 0 Å². The van der Waals surface area contributed by atoms with E-state index in [0.29, 0.717) is 17.1 Å². The van der Waals surface area contributed by atoms with Crippen LogP contribution < -0.4 is 9.47 Å². The van der Waals surface area contributed by atoms with Gasteiger partial charge in [0.1, 0.15) is 11.5 Å². The van der Waals surface area contributed by atoms with Crippen LogP contribution in [0.25, 0.3) is 0 Å². The van der Waals surface area contributed by atoms with Crippen molar-refractivity contribution in [1.82, 2.24) is 0 Å². The minimum atomic E-state index is -0.749. The van der Waals surface area contributed by atoms with Gasteiger partial charge in [0.2, 0.25) is 0 Å². The summed E-state index contributed by atoms with van der Waals surface area (Å²) in [5.74, 6) is 1.46. The molecule has 1 atom stereocenters. The zero-order chi connectivity index (χ0) is 12.1. The predicted molar refractivity (Wildman–Crippen MR) is 67.0 cm³/mol. The quantitative estimate of drug-likeness (QED) is 0.654. The SMILES string of the molecule is COc1cc(C(O)CCl)c(OC)cc1SC. The molecular formula is C11H15ClO3S. The van der Waals surface area contributed by atoms with Gasteiger partial charge in [-0.1, -0.05) is 0 Å². The van der Waals surface area contributed by atoms with E-state index < -0.39 is 6.10 Å². The molecule has 0 aliphatic carbocycles. The fourth-order valence-electron chi connectivity index (χ4n) is 1.40. The van der Waals surface area contributed by atoms with Gasteiger partial charge in [-0.05, 0) is 18.4 Å². The summed E-state index contributed by atoms with van der Waals surface area (Å²) in [7, 11) is 3.16. The minimum absolute atomic E-state index is 0.123. The summed E-state index contributed by atoms with van der Waals surface area (Å²) in [4.78, 5) is 0.963. The van der Waals surface area contributed by atoms with Crippen molar-refractivity contribution in [1.29, 1.82) is 0 Å². The van der Waals surface area contributed by atoms with Gasteiger partial charge in [-0.25, -0.2) is 0 Å². The molecule has 0 bridgehead atoms. The van der Waals surface area contributed by atoms with Gasteiger partial charge in [0, 0.05) is 5.56 Å². The van der Waals surface area contributed by atoms with Gasteiger partial charge in [0.05, 0.1) is 31.1 Å². The molecule has 90 valence electrons. The molecule has 0 saturated carbocycles. The highest BCUT2D eigenvalue weighted by Gasteiger charge is 2.16. The van der Waals surface area contributed by atoms with Crippen molar-refractivity contribution in [3.8, 4) is 11.5 Å². The molecule has 1 rings (SSSR count). The molecule has 1 aromatic rings. The topological polar surface area (TPSA) is 38.7 Å². The molecule has 0 spiro atoms. The average Bonchev–Trinajstić information content (AvgIpc) is 2.35. The van der Waals surface area contributed by atoms with Gasteiger partial charge in [-0.15, -0.1) is 23.4 Å². The Bertz CT molecular complexity index is 357. The van der Waals surface area contributed by atoms with Gasteiger partial charge in [0.15, 0.2) is 0 Å². The van der Waals surface area contributed by atoms with E-state index in [0.717, 1.165) is 4.90 Å². The largest absolute Gasteiger partial charge is 0.496 e. The number of aliphatic hydroxyl groups is 1. The van der Waals surface area contributed by atoms with Gasteiger partial charge >= 0.3 is 0 Å². The zero-order valence-electron chi connectivity index (χ0n) is 9.49. The van der Waals surface area contributed by atoms with E-state index in [-0.39, 0.29) is 5.88 Å². The van der Waals surface area contributed by atoms with Crippen LogP contribution in [0.5, 0.6) is 11.5 Å². The lowest BCUT2D eigenvalue weighted by molar-refractivity contribution is 0.197. The molecule has 0 aromatic heterocycles. The predicted octanol–water partition coefficient (Wildman–Crippen LogP) is 2.70. The van der Waals surface area contributed by atoms with E-state index in [2.05, 4.69) is 0 Å². The number of alkyl halides is 1. The maximum absolute atomic E-state index is 9.75. The van der Waals surface area contributed by atoms with Crippen molar-refractivity contribution in [3.63, 3.8) is 0 Å². The summed E-state index contributed by atoms with van der Waals surface area (Å²) >= 11 is 7.19. The molecule has 1 aromatic carbocycles. The Morgan fingerprint density at radius 2 is 1.94 bits per heavy atom. The highest BCUT2D eigenvalue weighted by atomic mass is 35.5. The van der Waals surface area contributed by atoms with Crippen LogP contribution in [-0.4, -0.2) is 31.5 Å². The van der Waals surface area contributed by atoms with Crippen molar-refractivity contribution in [2.45, 2.75) is 11.0 Å². The monoisotopic (exact) mass is 262 g/mol. The first-order valence-corrected chi connectivity index (χ1v) is 6.47. The second-order valence-corrected chi connectivity index (χ2v) is 4.28. The van der Waals surface area contributed by atoms with Crippen LogP contribution in [-0.2, 0) is 0 Å². The molecular weight excluding hydrogens is 248 g/mol.